The second-order valence-corrected chi connectivity index (χ2v) is 3.62. The molecule has 92 valence electrons. The first kappa shape index (κ1) is 12.0. The molecule has 5 heteroatoms. The van der Waals surface area contributed by atoms with Gasteiger partial charge in [-0.3, -0.25) is 4.79 Å². The van der Waals surface area contributed by atoms with Crippen LogP contribution in [0.3, 0.4) is 0 Å². The highest BCUT2D eigenvalue weighted by molar-refractivity contribution is 5.94. The van der Waals surface area contributed by atoms with Crippen LogP contribution in [-0.4, -0.2) is 29.0 Å². The monoisotopic (exact) mass is 242 g/mol. The van der Waals surface area contributed by atoms with Crippen LogP contribution in [0.15, 0.2) is 48.8 Å². The molecule has 0 saturated heterocycles. The summed E-state index contributed by atoms with van der Waals surface area (Å²) in [7, 11) is 0. The molecule has 0 spiro atoms. The van der Waals surface area contributed by atoms with Crippen LogP contribution in [0.5, 0.6) is 0 Å². The summed E-state index contributed by atoms with van der Waals surface area (Å²) in [6.45, 7) is 1.11. The maximum Gasteiger partial charge on any atom is 0.251 e. The van der Waals surface area contributed by atoms with Gasteiger partial charge < -0.3 is 10.6 Å². The highest BCUT2D eigenvalue weighted by Gasteiger charge is 2.02. The van der Waals surface area contributed by atoms with Crippen molar-refractivity contribution in [3.05, 3.63) is 54.4 Å². The molecule has 5 nitrogen and oxygen atoms in total. The number of carbonyl (C=O) groups excluding carboxylic acids is 1. The van der Waals surface area contributed by atoms with Crippen LogP contribution >= 0.6 is 0 Å². The smallest absolute Gasteiger partial charge is 0.251 e. The number of rotatable bonds is 5. The normalized spacial score (nSPS) is 9.78. The summed E-state index contributed by atoms with van der Waals surface area (Å²) < 4.78 is 0. The minimum Gasteiger partial charge on any atom is -0.352 e. The first-order valence-corrected chi connectivity index (χ1v) is 5.70. The molecule has 1 aromatic heterocycles. The Morgan fingerprint density at radius 3 is 2.44 bits per heavy atom. The Morgan fingerprint density at radius 2 is 1.72 bits per heavy atom. The average molecular weight is 242 g/mol. The van der Waals surface area contributed by atoms with Crippen LogP contribution in [0, 0.1) is 0 Å². The van der Waals surface area contributed by atoms with E-state index < -0.39 is 0 Å². The molecule has 1 heterocycles. The summed E-state index contributed by atoms with van der Waals surface area (Å²) >= 11 is 0. The topological polar surface area (TPSA) is 66.9 Å². The molecule has 0 unspecified atom stereocenters. The quantitative estimate of drug-likeness (QED) is 0.776. The van der Waals surface area contributed by atoms with E-state index in [0.29, 0.717) is 24.6 Å². The third kappa shape index (κ3) is 3.55. The fraction of sp³-hybridized carbons (Fsp3) is 0.154. The van der Waals surface area contributed by atoms with Gasteiger partial charge in [0.05, 0.1) is 0 Å². The Kier molecular flexibility index (Phi) is 4.24. The Bertz CT molecular complexity index is 487. The molecule has 2 N–H and O–H groups in total. The van der Waals surface area contributed by atoms with E-state index in [-0.39, 0.29) is 5.91 Å². The number of hydrogen-bond donors (Lipinski definition) is 2. The fourth-order valence-electron chi connectivity index (χ4n) is 1.43. The van der Waals surface area contributed by atoms with Crippen LogP contribution in [0.1, 0.15) is 10.4 Å². The first-order valence-electron chi connectivity index (χ1n) is 5.70. The average Bonchev–Trinajstić information content (AvgIpc) is 2.45. The number of aromatic nitrogens is 2. The van der Waals surface area contributed by atoms with Crippen LogP contribution in [-0.2, 0) is 0 Å². The fourth-order valence-corrected chi connectivity index (χ4v) is 1.43. The second kappa shape index (κ2) is 6.34. The SMILES string of the molecule is O=C(NCCNc1ncccn1)c1ccccc1. The third-order valence-corrected chi connectivity index (χ3v) is 2.30. The molecule has 0 aliphatic heterocycles. The number of nitrogens with one attached hydrogen (secondary N) is 2. The van der Waals surface area contributed by atoms with Gasteiger partial charge in [-0.05, 0) is 18.2 Å². The van der Waals surface area contributed by atoms with E-state index in [0.717, 1.165) is 0 Å². The van der Waals surface area contributed by atoms with Gasteiger partial charge in [0.25, 0.3) is 5.91 Å². The zero-order chi connectivity index (χ0) is 12.6. The molecule has 1 amide bonds. The van der Waals surface area contributed by atoms with Gasteiger partial charge in [0.15, 0.2) is 0 Å². The zero-order valence-electron chi connectivity index (χ0n) is 9.84. The molecule has 0 fully saturated rings. The number of nitrogens with zero attached hydrogens (tertiary/aromatic N) is 2. The number of benzene rings is 1. The van der Waals surface area contributed by atoms with Gasteiger partial charge >= 0.3 is 0 Å². The lowest BCUT2D eigenvalue weighted by molar-refractivity contribution is 0.0955. The van der Waals surface area contributed by atoms with Gasteiger partial charge in [-0.2, -0.15) is 0 Å². The molecule has 0 aliphatic carbocycles. The summed E-state index contributed by atoms with van der Waals surface area (Å²) in [5.74, 6) is 0.484. The van der Waals surface area contributed by atoms with Gasteiger partial charge in [0, 0.05) is 31.0 Å². The number of anilines is 1. The molecule has 1 aromatic carbocycles. The van der Waals surface area contributed by atoms with Crippen LogP contribution in [0.4, 0.5) is 5.95 Å². The van der Waals surface area contributed by atoms with E-state index in [9.17, 15) is 4.79 Å². The van der Waals surface area contributed by atoms with Gasteiger partial charge in [-0.15, -0.1) is 0 Å². The van der Waals surface area contributed by atoms with Crippen LogP contribution < -0.4 is 10.6 Å². The van der Waals surface area contributed by atoms with Gasteiger partial charge in [0.1, 0.15) is 0 Å². The summed E-state index contributed by atoms with van der Waals surface area (Å²) in [5.41, 5.74) is 0.661. The van der Waals surface area contributed by atoms with E-state index in [1.54, 1.807) is 30.6 Å². The Morgan fingerprint density at radius 1 is 1.00 bits per heavy atom. The van der Waals surface area contributed by atoms with E-state index in [2.05, 4.69) is 20.6 Å². The summed E-state index contributed by atoms with van der Waals surface area (Å²) in [6.07, 6.45) is 3.33. The Hall–Kier alpha value is -2.43. The molecule has 0 saturated carbocycles. The molecule has 0 atom stereocenters. The Labute approximate surface area is 105 Å². The van der Waals surface area contributed by atoms with Gasteiger partial charge in [0.2, 0.25) is 5.95 Å². The summed E-state index contributed by atoms with van der Waals surface area (Å²) in [4.78, 5) is 19.7. The van der Waals surface area contributed by atoms with Gasteiger partial charge in [-0.25, -0.2) is 9.97 Å². The standard InChI is InChI=1S/C13H14N4O/c18-12(11-5-2-1-3-6-11)14-9-10-17-13-15-7-4-8-16-13/h1-8H,9-10H2,(H,14,18)(H,15,16,17). The first-order chi connectivity index (χ1) is 8.86. The van der Waals surface area contributed by atoms with E-state index in [1.165, 1.54) is 0 Å². The number of carbonyl (C=O) groups is 1. The summed E-state index contributed by atoms with van der Waals surface area (Å²) in [5, 5.41) is 5.83. The molecule has 2 rings (SSSR count). The van der Waals surface area contributed by atoms with Crippen molar-refractivity contribution in [3.63, 3.8) is 0 Å². The van der Waals surface area contributed by atoms with Crippen molar-refractivity contribution in [2.75, 3.05) is 18.4 Å². The second-order valence-electron chi connectivity index (χ2n) is 3.62. The molecular weight excluding hydrogens is 228 g/mol. The highest BCUT2D eigenvalue weighted by Crippen LogP contribution is 1.97. The van der Waals surface area contributed by atoms with Crippen molar-refractivity contribution in [1.29, 1.82) is 0 Å². The number of amides is 1. The van der Waals surface area contributed by atoms with Crippen molar-refractivity contribution < 1.29 is 4.79 Å². The summed E-state index contributed by atoms with van der Waals surface area (Å²) in [6, 6.07) is 10.9. The lowest BCUT2D eigenvalue weighted by Gasteiger charge is -2.06. The maximum absolute atomic E-state index is 11.7. The predicted molar refractivity (Wildman–Crippen MR) is 69.3 cm³/mol. The molecular formula is C13H14N4O. The minimum absolute atomic E-state index is 0.0774. The van der Waals surface area contributed by atoms with E-state index >= 15 is 0 Å². The molecule has 0 aliphatic rings. The van der Waals surface area contributed by atoms with Crippen LogP contribution in [0.25, 0.3) is 0 Å². The van der Waals surface area contributed by atoms with Crippen molar-refractivity contribution in [1.82, 2.24) is 15.3 Å². The maximum atomic E-state index is 11.7. The van der Waals surface area contributed by atoms with E-state index in [1.807, 2.05) is 18.2 Å². The molecule has 18 heavy (non-hydrogen) atoms. The van der Waals surface area contributed by atoms with Crippen LogP contribution in [0.2, 0.25) is 0 Å². The van der Waals surface area contributed by atoms with Gasteiger partial charge in [-0.1, -0.05) is 18.2 Å². The lowest BCUT2D eigenvalue weighted by Crippen LogP contribution is -2.28. The molecule has 2 aromatic rings. The molecule has 0 bridgehead atoms. The van der Waals surface area contributed by atoms with Crippen molar-refractivity contribution >= 4 is 11.9 Å². The third-order valence-electron chi connectivity index (χ3n) is 2.30. The largest absolute Gasteiger partial charge is 0.352 e. The van der Waals surface area contributed by atoms with Crippen molar-refractivity contribution in [2.24, 2.45) is 0 Å². The van der Waals surface area contributed by atoms with Crippen molar-refractivity contribution in [2.45, 2.75) is 0 Å². The minimum atomic E-state index is -0.0774. The zero-order valence-corrected chi connectivity index (χ0v) is 9.84. The molecule has 0 radical (unpaired) electrons. The van der Waals surface area contributed by atoms with E-state index in [4.69, 9.17) is 0 Å². The van der Waals surface area contributed by atoms with Crippen molar-refractivity contribution in [3.8, 4) is 0 Å². The highest BCUT2D eigenvalue weighted by atomic mass is 16.1. The lowest BCUT2D eigenvalue weighted by atomic mass is 10.2. The Balaban J connectivity index is 1.72. The predicted octanol–water partition coefficient (Wildman–Crippen LogP) is 1.32. The number of hydrogen-bond acceptors (Lipinski definition) is 4.